The molecule has 0 saturated heterocycles. The van der Waals surface area contributed by atoms with Crippen LogP contribution >= 0.6 is 15.9 Å². The normalized spacial score (nSPS) is 10.3. The maximum Gasteiger partial charge on any atom is 0.166 e. The molecule has 0 fully saturated rings. The second-order valence-corrected chi connectivity index (χ2v) is 4.96. The molecule has 0 radical (unpaired) electrons. The van der Waals surface area contributed by atoms with Gasteiger partial charge in [-0.2, -0.15) is 0 Å². The third-order valence-corrected chi connectivity index (χ3v) is 3.26. The monoisotopic (exact) mass is 340 g/mol. The molecular weight excluding hydrogens is 330 g/mol. The first-order valence-electron chi connectivity index (χ1n) is 5.93. The SMILES string of the molecule is O=C(CCOc1ccc(F)c(Br)c1)c1ccc(F)cc1. The zero-order valence-corrected chi connectivity index (χ0v) is 12.0. The summed E-state index contributed by atoms with van der Waals surface area (Å²) in [4.78, 5) is 11.8. The zero-order valence-electron chi connectivity index (χ0n) is 10.4. The van der Waals surface area contributed by atoms with E-state index in [2.05, 4.69) is 15.9 Å². The van der Waals surface area contributed by atoms with Gasteiger partial charge in [0.15, 0.2) is 5.78 Å². The molecule has 0 aromatic heterocycles. The van der Waals surface area contributed by atoms with Gasteiger partial charge < -0.3 is 4.74 Å². The van der Waals surface area contributed by atoms with Gasteiger partial charge in [0, 0.05) is 12.0 Å². The van der Waals surface area contributed by atoms with Crippen LogP contribution in [0.5, 0.6) is 5.75 Å². The molecule has 0 aliphatic rings. The molecule has 5 heteroatoms. The van der Waals surface area contributed by atoms with Gasteiger partial charge in [-0.05, 0) is 58.4 Å². The average Bonchev–Trinajstić information content (AvgIpc) is 2.43. The second-order valence-electron chi connectivity index (χ2n) is 4.10. The lowest BCUT2D eigenvalue weighted by Crippen LogP contribution is -2.06. The Balaban J connectivity index is 1.87. The van der Waals surface area contributed by atoms with Crippen LogP contribution in [-0.2, 0) is 0 Å². The number of hydrogen-bond donors (Lipinski definition) is 0. The number of ketones is 1. The summed E-state index contributed by atoms with van der Waals surface area (Å²) in [6.45, 7) is 0.175. The van der Waals surface area contributed by atoms with Crippen molar-refractivity contribution >= 4 is 21.7 Å². The lowest BCUT2D eigenvalue weighted by Gasteiger charge is -2.06. The van der Waals surface area contributed by atoms with Crippen molar-refractivity contribution < 1.29 is 18.3 Å². The van der Waals surface area contributed by atoms with E-state index in [1.54, 1.807) is 0 Å². The highest BCUT2D eigenvalue weighted by Gasteiger charge is 2.07. The fourth-order valence-corrected chi connectivity index (χ4v) is 1.97. The first kappa shape index (κ1) is 14.7. The molecule has 0 saturated carbocycles. The minimum atomic E-state index is -0.381. The minimum Gasteiger partial charge on any atom is -0.493 e. The quantitative estimate of drug-likeness (QED) is 0.755. The van der Waals surface area contributed by atoms with E-state index in [-0.39, 0.29) is 30.4 Å². The summed E-state index contributed by atoms with van der Waals surface area (Å²) in [5, 5.41) is 0. The van der Waals surface area contributed by atoms with Gasteiger partial charge in [0.25, 0.3) is 0 Å². The van der Waals surface area contributed by atoms with Crippen LogP contribution in [0.3, 0.4) is 0 Å². The minimum absolute atomic E-state index is 0.133. The van der Waals surface area contributed by atoms with Gasteiger partial charge in [0.05, 0.1) is 11.1 Å². The second kappa shape index (κ2) is 6.61. The van der Waals surface area contributed by atoms with Crippen LogP contribution in [-0.4, -0.2) is 12.4 Å². The number of ether oxygens (including phenoxy) is 1. The van der Waals surface area contributed by atoms with E-state index in [1.165, 1.54) is 42.5 Å². The maximum atomic E-state index is 13.0. The van der Waals surface area contributed by atoms with E-state index in [4.69, 9.17) is 4.74 Å². The summed E-state index contributed by atoms with van der Waals surface area (Å²) in [7, 11) is 0. The lowest BCUT2D eigenvalue weighted by molar-refractivity contribution is 0.0962. The van der Waals surface area contributed by atoms with E-state index >= 15 is 0 Å². The molecule has 0 unspecified atom stereocenters. The van der Waals surface area contributed by atoms with Gasteiger partial charge in [0.2, 0.25) is 0 Å². The third-order valence-electron chi connectivity index (χ3n) is 2.66. The molecule has 20 heavy (non-hydrogen) atoms. The molecule has 2 rings (SSSR count). The molecule has 0 amide bonds. The Hall–Kier alpha value is -1.75. The first-order valence-corrected chi connectivity index (χ1v) is 6.72. The fraction of sp³-hybridized carbons (Fsp3) is 0.133. The predicted molar refractivity (Wildman–Crippen MR) is 74.9 cm³/mol. The van der Waals surface area contributed by atoms with E-state index in [9.17, 15) is 13.6 Å². The summed E-state index contributed by atoms with van der Waals surface area (Å²) in [5.74, 6) is -0.412. The number of Topliss-reactive ketones (excluding diaryl/α,β-unsaturated/α-hetero) is 1. The number of hydrogen-bond acceptors (Lipinski definition) is 2. The van der Waals surface area contributed by atoms with Gasteiger partial charge in [-0.25, -0.2) is 8.78 Å². The van der Waals surface area contributed by atoms with Gasteiger partial charge in [0.1, 0.15) is 17.4 Å². The average molecular weight is 341 g/mol. The number of carbonyl (C=O) groups is 1. The molecule has 2 aromatic rings. The Kier molecular flexibility index (Phi) is 4.84. The molecule has 0 atom stereocenters. The molecule has 2 nitrogen and oxygen atoms in total. The van der Waals surface area contributed by atoms with Crippen LogP contribution in [0.15, 0.2) is 46.9 Å². The summed E-state index contributed by atoms with van der Waals surface area (Å²) in [5.41, 5.74) is 0.440. The van der Waals surface area contributed by atoms with Crippen LogP contribution in [0.4, 0.5) is 8.78 Å². The highest BCUT2D eigenvalue weighted by Crippen LogP contribution is 2.21. The van der Waals surface area contributed by atoms with E-state index in [0.29, 0.717) is 15.8 Å². The smallest absolute Gasteiger partial charge is 0.166 e. The predicted octanol–water partition coefficient (Wildman–Crippen LogP) is 4.38. The lowest BCUT2D eigenvalue weighted by atomic mass is 10.1. The molecule has 0 heterocycles. The van der Waals surface area contributed by atoms with Crippen molar-refractivity contribution in [1.29, 1.82) is 0 Å². The molecule has 0 aliphatic carbocycles. The largest absolute Gasteiger partial charge is 0.493 e. The van der Waals surface area contributed by atoms with Crippen LogP contribution in [0.2, 0.25) is 0 Å². The maximum absolute atomic E-state index is 13.0. The van der Waals surface area contributed by atoms with Crippen LogP contribution in [0.1, 0.15) is 16.8 Å². The third kappa shape index (κ3) is 3.87. The van der Waals surface area contributed by atoms with Gasteiger partial charge in [-0.1, -0.05) is 0 Å². The Morgan fingerprint density at radius 2 is 1.80 bits per heavy atom. The highest BCUT2D eigenvalue weighted by atomic mass is 79.9. The van der Waals surface area contributed by atoms with Gasteiger partial charge >= 0.3 is 0 Å². The molecular formula is C15H11BrF2O2. The number of rotatable bonds is 5. The molecule has 0 aliphatic heterocycles. The Morgan fingerprint density at radius 3 is 2.45 bits per heavy atom. The van der Waals surface area contributed by atoms with Crippen molar-refractivity contribution in [2.24, 2.45) is 0 Å². The van der Waals surface area contributed by atoms with Crippen molar-refractivity contribution in [3.8, 4) is 5.75 Å². The summed E-state index contributed by atoms with van der Waals surface area (Å²) in [6, 6.07) is 9.62. The van der Waals surface area contributed by atoms with Crippen molar-refractivity contribution in [3.05, 3.63) is 64.1 Å². The molecule has 2 aromatic carbocycles. The van der Waals surface area contributed by atoms with E-state index < -0.39 is 0 Å². The Morgan fingerprint density at radius 1 is 1.10 bits per heavy atom. The van der Waals surface area contributed by atoms with Crippen LogP contribution in [0.25, 0.3) is 0 Å². The van der Waals surface area contributed by atoms with Crippen molar-refractivity contribution in [3.63, 3.8) is 0 Å². The van der Waals surface area contributed by atoms with E-state index in [0.717, 1.165) is 0 Å². The number of benzene rings is 2. The molecule has 104 valence electrons. The highest BCUT2D eigenvalue weighted by molar-refractivity contribution is 9.10. The first-order chi connectivity index (χ1) is 9.56. The Labute approximate surface area is 123 Å². The standard InChI is InChI=1S/C15H11BrF2O2/c16-13-9-12(5-6-14(13)18)20-8-7-15(19)10-1-3-11(17)4-2-10/h1-6,9H,7-8H2. The van der Waals surface area contributed by atoms with E-state index in [1.807, 2.05) is 0 Å². The topological polar surface area (TPSA) is 26.3 Å². The summed E-state index contributed by atoms with van der Waals surface area (Å²) in [6.07, 6.45) is 0.167. The zero-order chi connectivity index (χ0) is 14.5. The van der Waals surface area contributed by atoms with Crippen LogP contribution in [0, 0.1) is 11.6 Å². The Bertz CT molecular complexity index is 612. The molecule has 0 spiro atoms. The van der Waals surface area contributed by atoms with Crippen molar-refractivity contribution in [2.75, 3.05) is 6.61 Å². The van der Waals surface area contributed by atoms with Crippen molar-refractivity contribution in [1.82, 2.24) is 0 Å². The molecule has 0 N–H and O–H groups in total. The van der Waals surface area contributed by atoms with Crippen molar-refractivity contribution in [2.45, 2.75) is 6.42 Å². The fourth-order valence-electron chi connectivity index (χ4n) is 1.61. The summed E-state index contributed by atoms with van der Waals surface area (Å²) >= 11 is 3.05. The van der Waals surface area contributed by atoms with Crippen LogP contribution < -0.4 is 4.74 Å². The summed E-state index contributed by atoms with van der Waals surface area (Å²) < 4.78 is 31.4. The van der Waals surface area contributed by atoms with Gasteiger partial charge in [-0.3, -0.25) is 4.79 Å². The van der Waals surface area contributed by atoms with Gasteiger partial charge in [-0.15, -0.1) is 0 Å². The number of halogens is 3. The molecule has 0 bridgehead atoms. The number of carbonyl (C=O) groups excluding carboxylic acids is 1.